The number of urea groups is 1. The van der Waals surface area contributed by atoms with Crippen LogP contribution >= 0.6 is 0 Å². The minimum atomic E-state index is -0.183. The Bertz CT molecular complexity index is 743. The second-order valence-corrected chi connectivity index (χ2v) is 6.55. The van der Waals surface area contributed by atoms with Crippen molar-refractivity contribution in [2.24, 2.45) is 0 Å². The van der Waals surface area contributed by atoms with Crippen molar-refractivity contribution < 1.29 is 14.3 Å². The van der Waals surface area contributed by atoms with Crippen molar-refractivity contribution in [2.45, 2.75) is 31.6 Å². The molecule has 1 atom stereocenters. The van der Waals surface area contributed by atoms with Gasteiger partial charge in [0.2, 0.25) is 0 Å². The number of aryl methyl sites for hydroxylation is 1. The fourth-order valence-corrected chi connectivity index (χ4v) is 3.51. The van der Waals surface area contributed by atoms with Crippen LogP contribution in [0.3, 0.4) is 0 Å². The van der Waals surface area contributed by atoms with Crippen LogP contribution in [0.5, 0.6) is 11.5 Å². The second-order valence-electron chi connectivity index (χ2n) is 6.55. The summed E-state index contributed by atoms with van der Waals surface area (Å²) in [6, 6.07) is 13.5. The molecule has 5 heteroatoms. The standard InChI is InChI=1S/C21H26N2O3/c1-25-18-10-7-17(8-11-18)23-21(24)22-13-12-16-5-3-4-15-6-9-19(26-2)14-20(15)16/h6-11,14,16H,3-5,12-13H2,1-2H3,(H2,22,23,24). The van der Waals surface area contributed by atoms with Gasteiger partial charge >= 0.3 is 6.03 Å². The molecule has 0 heterocycles. The SMILES string of the molecule is COc1ccc(NC(=O)NCCC2CCCc3ccc(OC)cc32)cc1. The smallest absolute Gasteiger partial charge is 0.319 e. The first-order chi connectivity index (χ1) is 12.7. The molecule has 2 amide bonds. The van der Waals surface area contributed by atoms with Crippen LogP contribution in [0.4, 0.5) is 10.5 Å². The van der Waals surface area contributed by atoms with E-state index in [1.807, 2.05) is 30.3 Å². The number of ether oxygens (including phenoxy) is 2. The fourth-order valence-electron chi connectivity index (χ4n) is 3.51. The first kappa shape index (κ1) is 18.1. The van der Waals surface area contributed by atoms with Crippen LogP contribution in [0.2, 0.25) is 0 Å². The molecule has 3 rings (SSSR count). The van der Waals surface area contributed by atoms with E-state index < -0.39 is 0 Å². The zero-order valence-electron chi connectivity index (χ0n) is 15.4. The Kier molecular flexibility index (Phi) is 6.00. The molecule has 0 aromatic heterocycles. The van der Waals surface area contributed by atoms with Gasteiger partial charge in [-0.05, 0) is 79.1 Å². The van der Waals surface area contributed by atoms with Crippen molar-refractivity contribution in [2.75, 3.05) is 26.1 Å². The van der Waals surface area contributed by atoms with Crippen LogP contribution in [0.25, 0.3) is 0 Å². The molecule has 1 aliphatic rings. The van der Waals surface area contributed by atoms with Crippen molar-refractivity contribution in [1.29, 1.82) is 0 Å². The van der Waals surface area contributed by atoms with E-state index in [2.05, 4.69) is 22.8 Å². The predicted molar refractivity (Wildman–Crippen MR) is 103 cm³/mol. The molecule has 138 valence electrons. The highest BCUT2D eigenvalue weighted by Gasteiger charge is 2.20. The lowest BCUT2D eigenvalue weighted by atomic mass is 9.81. The van der Waals surface area contributed by atoms with E-state index in [-0.39, 0.29) is 6.03 Å². The van der Waals surface area contributed by atoms with Crippen molar-refractivity contribution in [3.8, 4) is 11.5 Å². The van der Waals surface area contributed by atoms with Crippen LogP contribution in [-0.4, -0.2) is 26.8 Å². The van der Waals surface area contributed by atoms with E-state index in [9.17, 15) is 4.79 Å². The van der Waals surface area contributed by atoms with E-state index in [0.29, 0.717) is 12.5 Å². The van der Waals surface area contributed by atoms with E-state index in [1.165, 1.54) is 17.5 Å². The molecule has 0 saturated heterocycles. The van der Waals surface area contributed by atoms with Crippen LogP contribution in [0.15, 0.2) is 42.5 Å². The highest BCUT2D eigenvalue weighted by Crippen LogP contribution is 2.35. The largest absolute Gasteiger partial charge is 0.497 e. The molecule has 1 aliphatic carbocycles. The molecule has 0 aliphatic heterocycles. The number of methoxy groups -OCH3 is 2. The zero-order chi connectivity index (χ0) is 18.4. The summed E-state index contributed by atoms with van der Waals surface area (Å²) in [5.74, 6) is 2.14. The molecule has 0 bridgehead atoms. The average molecular weight is 354 g/mol. The van der Waals surface area contributed by atoms with Gasteiger partial charge in [-0.25, -0.2) is 4.79 Å². The molecule has 26 heavy (non-hydrogen) atoms. The quantitative estimate of drug-likeness (QED) is 0.811. The lowest BCUT2D eigenvalue weighted by Crippen LogP contribution is -2.30. The molecule has 1 unspecified atom stereocenters. The third kappa shape index (κ3) is 4.48. The summed E-state index contributed by atoms with van der Waals surface area (Å²) >= 11 is 0. The van der Waals surface area contributed by atoms with Crippen molar-refractivity contribution in [1.82, 2.24) is 5.32 Å². The van der Waals surface area contributed by atoms with Gasteiger partial charge in [-0.3, -0.25) is 0 Å². The summed E-state index contributed by atoms with van der Waals surface area (Å²) in [7, 11) is 3.32. The highest BCUT2D eigenvalue weighted by atomic mass is 16.5. The van der Waals surface area contributed by atoms with Gasteiger partial charge in [0.05, 0.1) is 14.2 Å². The number of carbonyl (C=O) groups is 1. The number of nitrogens with one attached hydrogen (secondary N) is 2. The molecule has 2 aromatic rings. The number of amides is 2. The molecule has 0 radical (unpaired) electrons. The zero-order valence-corrected chi connectivity index (χ0v) is 15.4. The predicted octanol–water partition coefficient (Wildman–Crippen LogP) is 4.34. The van der Waals surface area contributed by atoms with Gasteiger partial charge < -0.3 is 20.1 Å². The normalized spacial score (nSPS) is 15.7. The topological polar surface area (TPSA) is 59.6 Å². The van der Waals surface area contributed by atoms with Gasteiger partial charge in [-0.15, -0.1) is 0 Å². The Morgan fingerprint density at radius 2 is 1.81 bits per heavy atom. The Morgan fingerprint density at radius 1 is 1.08 bits per heavy atom. The number of hydrogen-bond acceptors (Lipinski definition) is 3. The Balaban J connectivity index is 1.51. The minimum absolute atomic E-state index is 0.183. The fraction of sp³-hybridized carbons (Fsp3) is 0.381. The van der Waals surface area contributed by atoms with E-state index in [0.717, 1.165) is 36.4 Å². The molecule has 0 fully saturated rings. The van der Waals surface area contributed by atoms with Gasteiger partial charge in [-0.2, -0.15) is 0 Å². The van der Waals surface area contributed by atoms with Crippen molar-refractivity contribution in [3.05, 3.63) is 53.6 Å². The highest BCUT2D eigenvalue weighted by molar-refractivity contribution is 5.89. The third-order valence-corrected chi connectivity index (χ3v) is 4.92. The van der Waals surface area contributed by atoms with Gasteiger partial charge in [0.1, 0.15) is 11.5 Å². The lowest BCUT2D eigenvalue weighted by Gasteiger charge is -2.26. The summed E-state index contributed by atoms with van der Waals surface area (Å²) in [5.41, 5.74) is 3.52. The number of anilines is 1. The number of benzene rings is 2. The maximum atomic E-state index is 12.1. The number of fused-ring (bicyclic) bond motifs is 1. The molecule has 2 aromatic carbocycles. The maximum absolute atomic E-state index is 12.1. The van der Waals surface area contributed by atoms with Gasteiger partial charge in [-0.1, -0.05) is 6.07 Å². The third-order valence-electron chi connectivity index (χ3n) is 4.92. The van der Waals surface area contributed by atoms with Gasteiger partial charge in [0, 0.05) is 12.2 Å². The molecule has 0 saturated carbocycles. The summed E-state index contributed by atoms with van der Waals surface area (Å²) in [6.45, 7) is 0.642. The van der Waals surface area contributed by atoms with Crippen LogP contribution in [-0.2, 0) is 6.42 Å². The van der Waals surface area contributed by atoms with Crippen molar-refractivity contribution in [3.63, 3.8) is 0 Å². The molecule has 2 N–H and O–H groups in total. The Hall–Kier alpha value is -2.69. The summed E-state index contributed by atoms with van der Waals surface area (Å²) < 4.78 is 10.5. The first-order valence-electron chi connectivity index (χ1n) is 9.05. The first-order valence-corrected chi connectivity index (χ1v) is 9.05. The Labute approximate surface area is 154 Å². The summed E-state index contributed by atoms with van der Waals surface area (Å²) in [6.07, 6.45) is 4.40. The van der Waals surface area contributed by atoms with Crippen molar-refractivity contribution >= 4 is 11.7 Å². The van der Waals surface area contributed by atoms with Crippen LogP contribution < -0.4 is 20.1 Å². The summed E-state index contributed by atoms with van der Waals surface area (Å²) in [4.78, 5) is 12.1. The molecular weight excluding hydrogens is 328 g/mol. The molecular formula is C21H26N2O3. The van der Waals surface area contributed by atoms with E-state index >= 15 is 0 Å². The van der Waals surface area contributed by atoms with Crippen LogP contribution in [0, 0.1) is 0 Å². The van der Waals surface area contributed by atoms with Crippen LogP contribution in [0.1, 0.15) is 36.3 Å². The molecule has 0 spiro atoms. The number of hydrogen-bond donors (Lipinski definition) is 2. The number of carbonyl (C=O) groups excluding carboxylic acids is 1. The lowest BCUT2D eigenvalue weighted by molar-refractivity contribution is 0.251. The van der Waals surface area contributed by atoms with Gasteiger partial charge in [0.25, 0.3) is 0 Å². The van der Waals surface area contributed by atoms with E-state index in [1.54, 1.807) is 14.2 Å². The van der Waals surface area contributed by atoms with Gasteiger partial charge in [0.15, 0.2) is 0 Å². The van der Waals surface area contributed by atoms with E-state index in [4.69, 9.17) is 9.47 Å². The minimum Gasteiger partial charge on any atom is -0.497 e. The monoisotopic (exact) mass is 354 g/mol. The second kappa shape index (κ2) is 8.61. The number of rotatable bonds is 6. The maximum Gasteiger partial charge on any atom is 0.319 e. The molecule has 5 nitrogen and oxygen atoms in total. The average Bonchev–Trinajstić information content (AvgIpc) is 2.68. The Morgan fingerprint density at radius 3 is 2.54 bits per heavy atom. The summed E-state index contributed by atoms with van der Waals surface area (Å²) in [5, 5.41) is 5.80.